The Labute approximate surface area is 220 Å². The van der Waals surface area contributed by atoms with Crippen LogP contribution in [0.2, 0.25) is 5.02 Å². The maximum absolute atomic E-state index is 6.99. The molecule has 0 amide bonds. The SMILES string of the molecule is C=C\C=C/C(C=C)=C\C=C(/N=C)c1cccc(-c2cccc(C3=C/C=C(/C=C)CC\C(C)=N\3)c2Cl)c1. The molecule has 0 aliphatic carbocycles. The van der Waals surface area contributed by atoms with Crippen LogP contribution in [0.5, 0.6) is 0 Å². The lowest BCUT2D eigenvalue weighted by atomic mass is 9.98. The van der Waals surface area contributed by atoms with Gasteiger partial charge in [0.05, 0.1) is 16.4 Å². The molecule has 0 N–H and O–H groups in total. The minimum absolute atomic E-state index is 0.659. The predicted octanol–water partition coefficient (Wildman–Crippen LogP) is 9.61. The molecule has 0 spiro atoms. The molecular formula is C33H31ClN2. The molecule has 0 aromatic heterocycles. The Balaban J connectivity index is 2.05. The third kappa shape index (κ3) is 6.78. The molecule has 1 aliphatic rings. The van der Waals surface area contributed by atoms with Gasteiger partial charge in [-0.05, 0) is 61.4 Å². The van der Waals surface area contributed by atoms with E-state index in [-0.39, 0.29) is 0 Å². The molecule has 2 aromatic rings. The van der Waals surface area contributed by atoms with E-state index in [0.29, 0.717) is 5.02 Å². The zero-order chi connectivity index (χ0) is 25.9. The van der Waals surface area contributed by atoms with Gasteiger partial charge in [-0.15, -0.1) is 0 Å². The van der Waals surface area contributed by atoms with Crippen molar-refractivity contribution in [3.05, 3.63) is 144 Å². The molecule has 0 fully saturated rings. The Hall–Kier alpha value is -4.01. The summed E-state index contributed by atoms with van der Waals surface area (Å²) in [6, 6.07) is 14.2. The van der Waals surface area contributed by atoms with Gasteiger partial charge in [-0.1, -0.05) is 110 Å². The Morgan fingerprint density at radius 3 is 2.50 bits per heavy atom. The quantitative estimate of drug-likeness (QED) is 0.247. The first-order chi connectivity index (χ1) is 17.5. The third-order valence-corrected chi connectivity index (χ3v) is 6.22. The Morgan fingerprint density at radius 1 is 1.00 bits per heavy atom. The molecule has 0 unspecified atom stereocenters. The molecule has 1 aliphatic heterocycles. The van der Waals surface area contributed by atoms with Crippen molar-refractivity contribution in [2.75, 3.05) is 0 Å². The van der Waals surface area contributed by atoms with Crippen molar-refractivity contribution in [2.24, 2.45) is 9.98 Å². The number of aliphatic imine (C=N–C) groups is 2. The van der Waals surface area contributed by atoms with E-state index in [1.807, 2.05) is 72.9 Å². The molecule has 2 nitrogen and oxygen atoms in total. The highest BCUT2D eigenvalue weighted by Crippen LogP contribution is 2.36. The van der Waals surface area contributed by atoms with E-state index in [1.165, 1.54) is 5.57 Å². The Morgan fingerprint density at radius 2 is 1.78 bits per heavy atom. The molecule has 0 radical (unpaired) electrons. The number of allylic oxidation sites excluding steroid dienone is 11. The van der Waals surface area contributed by atoms with Crippen LogP contribution in [0.4, 0.5) is 0 Å². The standard InChI is InChI=1S/C33H31ClN2/c1-6-9-12-25(7-2)19-21-31(35-5)28-14-10-13-27(23-28)29-15-11-16-30(33(29)34)32-22-20-26(8-3)18-17-24(4)36-32/h6-16,19-23H,1-3,5,17-18H2,4H3/b12-9-,25-19-,26-20-,31-21-,32-22-,36-24+. The summed E-state index contributed by atoms with van der Waals surface area (Å²) in [7, 11) is 0. The highest BCUT2D eigenvalue weighted by atomic mass is 35.5. The van der Waals surface area contributed by atoms with E-state index in [2.05, 4.69) is 50.5 Å². The van der Waals surface area contributed by atoms with E-state index in [4.69, 9.17) is 16.6 Å². The molecule has 0 bridgehead atoms. The molecule has 3 heteroatoms. The first kappa shape index (κ1) is 26.6. The maximum Gasteiger partial charge on any atom is 0.0716 e. The average molecular weight is 491 g/mol. The van der Waals surface area contributed by atoms with Gasteiger partial charge in [0.1, 0.15) is 0 Å². The van der Waals surface area contributed by atoms with Gasteiger partial charge in [0, 0.05) is 22.4 Å². The second-order valence-corrected chi connectivity index (χ2v) is 8.65. The van der Waals surface area contributed by atoms with Gasteiger partial charge in [0.15, 0.2) is 0 Å². The van der Waals surface area contributed by atoms with Gasteiger partial charge < -0.3 is 0 Å². The lowest BCUT2D eigenvalue weighted by Crippen LogP contribution is -1.97. The average Bonchev–Trinajstić information content (AvgIpc) is 2.89. The van der Waals surface area contributed by atoms with Crippen LogP contribution in [0.3, 0.4) is 0 Å². The molecule has 0 saturated carbocycles. The van der Waals surface area contributed by atoms with E-state index >= 15 is 0 Å². The van der Waals surface area contributed by atoms with Crippen LogP contribution in [0.15, 0.2) is 138 Å². The third-order valence-electron chi connectivity index (χ3n) is 5.81. The second kappa shape index (κ2) is 13.2. The number of benzene rings is 2. The molecule has 3 rings (SSSR count). The van der Waals surface area contributed by atoms with E-state index in [0.717, 1.165) is 57.8 Å². The topological polar surface area (TPSA) is 24.7 Å². The maximum atomic E-state index is 6.99. The van der Waals surface area contributed by atoms with E-state index in [9.17, 15) is 0 Å². The lowest BCUT2D eigenvalue weighted by Gasteiger charge is -2.14. The van der Waals surface area contributed by atoms with Gasteiger partial charge in [-0.25, -0.2) is 0 Å². The zero-order valence-electron chi connectivity index (χ0n) is 20.8. The van der Waals surface area contributed by atoms with Crippen LogP contribution in [-0.4, -0.2) is 12.4 Å². The Bertz CT molecular complexity index is 1360. The van der Waals surface area contributed by atoms with Crippen molar-refractivity contribution < 1.29 is 0 Å². The molecule has 36 heavy (non-hydrogen) atoms. The number of rotatable bonds is 9. The number of nitrogens with zero attached hydrogens (tertiary/aromatic N) is 2. The monoisotopic (exact) mass is 490 g/mol. The first-order valence-electron chi connectivity index (χ1n) is 11.8. The zero-order valence-corrected chi connectivity index (χ0v) is 21.5. The van der Waals surface area contributed by atoms with Gasteiger partial charge in [0.2, 0.25) is 0 Å². The summed E-state index contributed by atoms with van der Waals surface area (Å²) in [4.78, 5) is 9.10. The minimum atomic E-state index is 0.659. The fraction of sp³-hybridized carbons (Fsp3) is 0.0909. The Kier molecular flexibility index (Phi) is 9.73. The van der Waals surface area contributed by atoms with Crippen molar-refractivity contribution in [3.63, 3.8) is 0 Å². The summed E-state index contributed by atoms with van der Waals surface area (Å²) in [6.07, 6.45) is 19.0. The fourth-order valence-electron chi connectivity index (χ4n) is 3.80. The molecule has 0 atom stereocenters. The summed E-state index contributed by atoms with van der Waals surface area (Å²) in [5.41, 5.74) is 8.55. The van der Waals surface area contributed by atoms with Crippen LogP contribution in [0, 0.1) is 0 Å². The van der Waals surface area contributed by atoms with Gasteiger partial charge in [0.25, 0.3) is 0 Å². The van der Waals surface area contributed by atoms with E-state index in [1.54, 1.807) is 12.2 Å². The van der Waals surface area contributed by atoms with Crippen LogP contribution in [0.1, 0.15) is 30.9 Å². The minimum Gasteiger partial charge on any atom is -0.264 e. The van der Waals surface area contributed by atoms with Crippen molar-refractivity contribution in [1.29, 1.82) is 0 Å². The molecule has 2 aromatic carbocycles. The van der Waals surface area contributed by atoms with Crippen molar-refractivity contribution >= 4 is 35.4 Å². The van der Waals surface area contributed by atoms with Crippen molar-refractivity contribution in [1.82, 2.24) is 0 Å². The van der Waals surface area contributed by atoms with Gasteiger partial charge >= 0.3 is 0 Å². The van der Waals surface area contributed by atoms with Crippen LogP contribution < -0.4 is 0 Å². The van der Waals surface area contributed by atoms with Crippen LogP contribution in [0.25, 0.3) is 22.5 Å². The van der Waals surface area contributed by atoms with Gasteiger partial charge in [-0.3, -0.25) is 9.98 Å². The first-order valence-corrected chi connectivity index (χ1v) is 12.2. The number of hydrogen-bond donors (Lipinski definition) is 0. The van der Waals surface area contributed by atoms with Crippen LogP contribution >= 0.6 is 11.6 Å². The lowest BCUT2D eigenvalue weighted by molar-refractivity contribution is 1.04. The summed E-state index contributed by atoms with van der Waals surface area (Å²) in [6.45, 7) is 17.3. The van der Waals surface area contributed by atoms with Crippen LogP contribution in [-0.2, 0) is 0 Å². The second-order valence-electron chi connectivity index (χ2n) is 8.27. The smallest absolute Gasteiger partial charge is 0.0716 e. The van der Waals surface area contributed by atoms with E-state index < -0.39 is 0 Å². The summed E-state index contributed by atoms with van der Waals surface area (Å²) >= 11 is 6.99. The fourth-order valence-corrected chi connectivity index (χ4v) is 4.13. The van der Waals surface area contributed by atoms with Crippen molar-refractivity contribution in [3.8, 4) is 11.1 Å². The number of hydrogen-bond acceptors (Lipinski definition) is 2. The number of halogens is 1. The summed E-state index contributed by atoms with van der Waals surface area (Å²) in [5.74, 6) is 0. The molecule has 1 heterocycles. The summed E-state index contributed by atoms with van der Waals surface area (Å²) in [5, 5.41) is 0.659. The largest absolute Gasteiger partial charge is 0.264 e. The normalized spacial score (nSPS) is 19.1. The highest BCUT2D eigenvalue weighted by Gasteiger charge is 2.13. The highest BCUT2D eigenvalue weighted by molar-refractivity contribution is 6.35. The van der Waals surface area contributed by atoms with Crippen molar-refractivity contribution in [2.45, 2.75) is 19.8 Å². The molecule has 180 valence electrons. The predicted molar refractivity (Wildman–Crippen MR) is 161 cm³/mol. The summed E-state index contributed by atoms with van der Waals surface area (Å²) < 4.78 is 0. The molecule has 0 saturated heterocycles. The molecular weight excluding hydrogens is 460 g/mol. The van der Waals surface area contributed by atoms with Gasteiger partial charge in [-0.2, -0.15) is 0 Å².